The number of para-hydroxylation sites is 2. The number of thioether (sulfide) groups is 1. The van der Waals surface area contributed by atoms with Gasteiger partial charge >= 0.3 is 0 Å². The van der Waals surface area contributed by atoms with Gasteiger partial charge in [0.25, 0.3) is 5.56 Å². The van der Waals surface area contributed by atoms with Crippen molar-refractivity contribution in [1.29, 1.82) is 0 Å². The monoisotopic (exact) mass is 435 g/mol. The van der Waals surface area contributed by atoms with Crippen LogP contribution in [0.5, 0.6) is 0 Å². The predicted molar refractivity (Wildman–Crippen MR) is 124 cm³/mol. The number of carbonyl (C=O) groups is 1. The van der Waals surface area contributed by atoms with Crippen LogP contribution in [0.2, 0.25) is 0 Å². The van der Waals surface area contributed by atoms with Crippen LogP contribution in [0, 0.1) is 6.92 Å². The molecule has 0 N–H and O–H groups in total. The minimum absolute atomic E-state index is 0.0586. The van der Waals surface area contributed by atoms with E-state index in [0.29, 0.717) is 29.4 Å². The molecule has 8 heteroatoms. The molecule has 0 radical (unpaired) electrons. The molecule has 1 amide bonds. The second-order valence-electron chi connectivity index (χ2n) is 7.33. The molecule has 0 saturated carbocycles. The Kier molecular flexibility index (Phi) is 5.82. The number of benzene rings is 2. The second-order valence-corrected chi connectivity index (χ2v) is 8.64. The van der Waals surface area contributed by atoms with E-state index in [1.165, 1.54) is 11.8 Å². The summed E-state index contributed by atoms with van der Waals surface area (Å²) in [5.74, 6) is 0.492. The normalized spacial score (nSPS) is 12.4. The molecule has 0 aliphatic carbocycles. The summed E-state index contributed by atoms with van der Waals surface area (Å²) in [6.45, 7) is 9.11. The first-order valence-electron chi connectivity index (χ1n) is 10.4. The lowest BCUT2D eigenvalue weighted by atomic mass is 10.2. The molecule has 0 saturated heterocycles. The van der Waals surface area contributed by atoms with Crippen LogP contribution < -0.4 is 5.56 Å². The molecule has 2 heterocycles. The van der Waals surface area contributed by atoms with Gasteiger partial charge in [0.05, 0.1) is 21.8 Å². The van der Waals surface area contributed by atoms with Crippen molar-refractivity contribution in [3.8, 4) is 5.69 Å². The molecule has 1 unspecified atom stereocenters. The molecule has 4 rings (SSSR count). The highest BCUT2D eigenvalue weighted by atomic mass is 32.2. The quantitative estimate of drug-likeness (QED) is 0.432. The van der Waals surface area contributed by atoms with Gasteiger partial charge in [0.1, 0.15) is 0 Å². The van der Waals surface area contributed by atoms with Gasteiger partial charge in [-0.1, -0.05) is 42.1 Å². The highest BCUT2D eigenvalue weighted by Crippen LogP contribution is 2.27. The van der Waals surface area contributed by atoms with Gasteiger partial charge in [-0.25, -0.2) is 4.57 Å². The summed E-state index contributed by atoms with van der Waals surface area (Å²) in [5.41, 5.74) is 2.31. The smallest absolute Gasteiger partial charge is 0.267 e. The van der Waals surface area contributed by atoms with Crippen molar-refractivity contribution in [1.82, 2.24) is 24.1 Å². The van der Waals surface area contributed by atoms with Crippen LogP contribution in [0.4, 0.5) is 0 Å². The van der Waals surface area contributed by atoms with Crippen LogP contribution in [0.25, 0.3) is 22.4 Å². The SMILES string of the molecule is CCN(CC)C(=O)C(C)Sc1nnc2n(-c3ccccc3C)c(=O)c3ccccc3n12. The molecule has 2 aromatic heterocycles. The first-order valence-corrected chi connectivity index (χ1v) is 11.3. The minimum Gasteiger partial charge on any atom is -0.342 e. The van der Waals surface area contributed by atoms with E-state index in [-0.39, 0.29) is 16.7 Å². The van der Waals surface area contributed by atoms with Crippen LogP contribution in [0.3, 0.4) is 0 Å². The third kappa shape index (κ3) is 3.61. The summed E-state index contributed by atoms with van der Waals surface area (Å²) in [4.78, 5) is 28.0. The third-order valence-electron chi connectivity index (χ3n) is 5.46. The number of nitrogens with zero attached hydrogens (tertiary/aromatic N) is 5. The molecule has 1 atom stereocenters. The van der Waals surface area contributed by atoms with Crippen molar-refractivity contribution in [2.45, 2.75) is 38.1 Å². The van der Waals surface area contributed by atoms with Crippen molar-refractivity contribution in [3.63, 3.8) is 0 Å². The Morgan fingerprint density at radius 3 is 2.45 bits per heavy atom. The summed E-state index contributed by atoms with van der Waals surface area (Å²) in [6.07, 6.45) is 0. The summed E-state index contributed by atoms with van der Waals surface area (Å²) in [6, 6.07) is 15.1. The molecule has 0 aliphatic heterocycles. The van der Waals surface area contributed by atoms with E-state index < -0.39 is 0 Å². The highest BCUT2D eigenvalue weighted by Gasteiger charge is 2.24. The van der Waals surface area contributed by atoms with Gasteiger partial charge in [-0.3, -0.25) is 14.0 Å². The first-order chi connectivity index (χ1) is 15.0. The molecule has 0 bridgehead atoms. The number of fused-ring (bicyclic) bond motifs is 3. The van der Waals surface area contributed by atoms with Gasteiger partial charge < -0.3 is 4.90 Å². The molecule has 7 nitrogen and oxygen atoms in total. The van der Waals surface area contributed by atoms with E-state index in [1.54, 1.807) is 4.57 Å². The topological polar surface area (TPSA) is 72.5 Å². The fourth-order valence-electron chi connectivity index (χ4n) is 3.79. The Morgan fingerprint density at radius 2 is 1.74 bits per heavy atom. The Hall–Kier alpha value is -3.13. The zero-order valence-corrected chi connectivity index (χ0v) is 18.9. The molecule has 160 valence electrons. The van der Waals surface area contributed by atoms with E-state index in [4.69, 9.17) is 0 Å². The molecule has 31 heavy (non-hydrogen) atoms. The Morgan fingerprint density at radius 1 is 1.06 bits per heavy atom. The standard InChI is InChI=1S/C23H25N5O2S/c1-5-26(6-2)20(29)16(4)31-23-25-24-22-27(18-13-9-7-11-15(18)3)21(30)17-12-8-10-14-19(17)28(22)23/h7-14,16H,5-6H2,1-4H3. The average molecular weight is 436 g/mol. The largest absolute Gasteiger partial charge is 0.342 e. The molecule has 0 spiro atoms. The summed E-state index contributed by atoms with van der Waals surface area (Å²) in [5, 5.41) is 9.58. The Balaban J connectivity index is 1.94. The highest BCUT2D eigenvalue weighted by molar-refractivity contribution is 8.00. The number of carbonyl (C=O) groups excluding carboxylic acids is 1. The zero-order chi connectivity index (χ0) is 22.1. The van der Waals surface area contributed by atoms with Crippen LogP contribution >= 0.6 is 11.8 Å². The summed E-state index contributed by atoms with van der Waals surface area (Å²) in [7, 11) is 0. The maximum atomic E-state index is 13.4. The van der Waals surface area contributed by atoms with E-state index >= 15 is 0 Å². The van der Waals surface area contributed by atoms with E-state index in [0.717, 1.165) is 16.8 Å². The van der Waals surface area contributed by atoms with Gasteiger partial charge in [-0.15, -0.1) is 10.2 Å². The lowest BCUT2D eigenvalue weighted by Crippen LogP contribution is -2.36. The minimum atomic E-state index is -0.329. The van der Waals surface area contributed by atoms with Gasteiger partial charge in [0.2, 0.25) is 11.7 Å². The zero-order valence-electron chi connectivity index (χ0n) is 18.1. The fraction of sp³-hybridized carbons (Fsp3) is 0.304. The molecular formula is C23H25N5O2S. The van der Waals surface area contributed by atoms with Crippen molar-refractivity contribution < 1.29 is 4.79 Å². The van der Waals surface area contributed by atoms with Crippen molar-refractivity contribution in [2.75, 3.05) is 13.1 Å². The summed E-state index contributed by atoms with van der Waals surface area (Å²) >= 11 is 1.36. The molecule has 2 aromatic carbocycles. The van der Waals surface area contributed by atoms with Crippen LogP contribution in [0.1, 0.15) is 26.3 Å². The maximum Gasteiger partial charge on any atom is 0.267 e. The van der Waals surface area contributed by atoms with Gasteiger partial charge in [-0.05, 0) is 51.5 Å². The third-order valence-corrected chi connectivity index (χ3v) is 6.49. The molecule has 0 aliphatic rings. The van der Waals surface area contributed by atoms with E-state index in [9.17, 15) is 9.59 Å². The Bertz CT molecular complexity index is 1320. The number of rotatable bonds is 6. The second kappa shape index (κ2) is 8.55. The number of aromatic nitrogens is 4. The van der Waals surface area contributed by atoms with Gasteiger partial charge in [0.15, 0.2) is 5.16 Å². The van der Waals surface area contributed by atoms with Crippen molar-refractivity contribution >= 4 is 34.3 Å². The first kappa shape index (κ1) is 21.1. The van der Waals surface area contributed by atoms with Crippen LogP contribution in [-0.4, -0.2) is 48.3 Å². The number of hydrogen-bond acceptors (Lipinski definition) is 5. The average Bonchev–Trinajstić information content (AvgIpc) is 3.19. The molecular weight excluding hydrogens is 410 g/mol. The summed E-state index contributed by atoms with van der Waals surface area (Å²) < 4.78 is 3.48. The van der Waals surface area contributed by atoms with Crippen LogP contribution in [0.15, 0.2) is 58.5 Å². The maximum absolute atomic E-state index is 13.4. The van der Waals surface area contributed by atoms with Crippen molar-refractivity contribution in [3.05, 3.63) is 64.4 Å². The molecule has 4 aromatic rings. The Labute approximate surface area is 184 Å². The van der Waals surface area contributed by atoms with Crippen molar-refractivity contribution in [2.24, 2.45) is 0 Å². The van der Waals surface area contributed by atoms with Gasteiger partial charge in [0, 0.05) is 13.1 Å². The predicted octanol–water partition coefficient (Wildman–Crippen LogP) is 3.69. The fourth-order valence-corrected chi connectivity index (χ4v) is 4.73. The van der Waals surface area contributed by atoms with Gasteiger partial charge in [-0.2, -0.15) is 0 Å². The lowest BCUT2D eigenvalue weighted by Gasteiger charge is -2.22. The van der Waals surface area contributed by atoms with E-state index in [1.807, 2.05) is 85.5 Å². The number of hydrogen-bond donors (Lipinski definition) is 0. The number of aryl methyl sites for hydroxylation is 1. The van der Waals surface area contributed by atoms with E-state index in [2.05, 4.69) is 10.2 Å². The lowest BCUT2D eigenvalue weighted by molar-refractivity contribution is -0.129. The molecule has 0 fully saturated rings. The van der Waals surface area contributed by atoms with Crippen LogP contribution in [-0.2, 0) is 4.79 Å². The number of amides is 1.